The molecule has 0 unspecified atom stereocenters. The van der Waals surface area contributed by atoms with E-state index in [-0.39, 0.29) is 11.4 Å². The molecule has 12 heteroatoms. The van der Waals surface area contributed by atoms with Crippen molar-refractivity contribution < 1.29 is 14.6 Å². The minimum atomic E-state index is -1.16. The average molecular weight is 512 g/mol. The van der Waals surface area contributed by atoms with Crippen LogP contribution in [0.4, 0.5) is 17.5 Å². The van der Waals surface area contributed by atoms with Crippen LogP contribution < -0.4 is 15.0 Å². The van der Waals surface area contributed by atoms with E-state index in [1.54, 1.807) is 41.1 Å². The Hall–Kier alpha value is -5.26. The second-order valence-corrected chi connectivity index (χ2v) is 8.48. The van der Waals surface area contributed by atoms with E-state index in [0.29, 0.717) is 35.3 Å². The highest BCUT2D eigenvalue weighted by Gasteiger charge is 2.20. The molecule has 0 saturated carbocycles. The highest BCUT2D eigenvalue weighted by atomic mass is 16.5. The van der Waals surface area contributed by atoms with Gasteiger partial charge in [-0.15, -0.1) is 0 Å². The molecule has 0 saturated heterocycles. The number of methoxy groups -OCH3 is 1. The van der Waals surface area contributed by atoms with Crippen molar-refractivity contribution in [2.75, 3.05) is 24.4 Å². The van der Waals surface area contributed by atoms with Crippen molar-refractivity contribution >= 4 is 23.4 Å². The van der Waals surface area contributed by atoms with E-state index in [1.165, 1.54) is 13.3 Å². The van der Waals surface area contributed by atoms with Crippen molar-refractivity contribution in [2.24, 2.45) is 7.05 Å². The molecule has 2 aromatic carbocycles. The standard InChI is InChI=1S/C26H25N9O3/c1-33(14-17-12-29-35(15-17)18-8-5-4-6-9-18)26-27-13-20(25(36)37)24(31-26)30-21-11-7-10-19(22(21)38-3)23-28-16-34(2)32-23/h4-13,15-16H,14H2,1-3H3,(H,36,37)(H,27,30,31). The number of ether oxygens (including phenoxy) is 1. The normalized spacial score (nSPS) is 10.8. The van der Waals surface area contributed by atoms with Crippen molar-refractivity contribution in [1.82, 2.24) is 34.5 Å². The summed E-state index contributed by atoms with van der Waals surface area (Å²) < 4.78 is 9.03. The van der Waals surface area contributed by atoms with Gasteiger partial charge in [-0.2, -0.15) is 15.2 Å². The molecule has 0 atom stereocenters. The van der Waals surface area contributed by atoms with Gasteiger partial charge >= 0.3 is 5.97 Å². The monoisotopic (exact) mass is 511 g/mol. The number of carboxylic acids is 1. The predicted molar refractivity (Wildman–Crippen MR) is 141 cm³/mol. The van der Waals surface area contributed by atoms with Gasteiger partial charge in [-0.1, -0.05) is 24.3 Å². The number of anilines is 3. The fourth-order valence-electron chi connectivity index (χ4n) is 3.94. The molecule has 192 valence electrons. The number of benzene rings is 2. The number of nitrogens with one attached hydrogen (secondary N) is 1. The predicted octanol–water partition coefficient (Wildman–Crippen LogP) is 3.54. The third-order valence-corrected chi connectivity index (χ3v) is 5.74. The van der Waals surface area contributed by atoms with Gasteiger partial charge < -0.3 is 20.1 Å². The average Bonchev–Trinajstić information content (AvgIpc) is 3.58. The van der Waals surface area contributed by atoms with Crippen LogP contribution in [-0.2, 0) is 13.6 Å². The summed E-state index contributed by atoms with van der Waals surface area (Å²) >= 11 is 0. The number of para-hydroxylation sites is 2. The third kappa shape index (κ3) is 5.00. The van der Waals surface area contributed by atoms with Gasteiger partial charge in [0, 0.05) is 38.6 Å². The Morgan fingerprint density at radius 1 is 1.11 bits per heavy atom. The first-order valence-electron chi connectivity index (χ1n) is 11.6. The third-order valence-electron chi connectivity index (χ3n) is 5.74. The second kappa shape index (κ2) is 10.4. The molecule has 0 radical (unpaired) electrons. The largest absolute Gasteiger partial charge is 0.494 e. The number of hydrogen-bond acceptors (Lipinski definition) is 9. The Labute approximate surface area is 218 Å². The van der Waals surface area contributed by atoms with Gasteiger partial charge in [0.1, 0.15) is 11.9 Å². The molecule has 2 N–H and O–H groups in total. The number of aromatic nitrogens is 7. The van der Waals surface area contributed by atoms with Crippen molar-refractivity contribution in [3.8, 4) is 22.8 Å². The van der Waals surface area contributed by atoms with E-state index >= 15 is 0 Å². The zero-order valence-electron chi connectivity index (χ0n) is 21.0. The minimum Gasteiger partial charge on any atom is -0.494 e. The zero-order valence-corrected chi connectivity index (χ0v) is 21.0. The molecule has 0 fully saturated rings. The molecule has 0 aliphatic heterocycles. The molecular weight excluding hydrogens is 486 g/mol. The van der Waals surface area contributed by atoms with Crippen LogP contribution in [0, 0.1) is 0 Å². The SMILES string of the molecule is COc1c(Nc2nc(N(C)Cc3cnn(-c4ccccc4)c3)ncc2C(=O)O)cccc1-c1ncn(C)n1. The molecule has 5 aromatic rings. The topological polar surface area (TPSA) is 136 Å². The van der Waals surface area contributed by atoms with Gasteiger partial charge in [0.2, 0.25) is 5.95 Å². The molecule has 0 spiro atoms. The smallest absolute Gasteiger partial charge is 0.341 e. The molecule has 0 bridgehead atoms. The summed E-state index contributed by atoms with van der Waals surface area (Å²) in [7, 11) is 5.13. The van der Waals surface area contributed by atoms with Crippen LogP contribution in [0.5, 0.6) is 5.75 Å². The molecular formula is C26H25N9O3. The number of nitrogens with zero attached hydrogens (tertiary/aromatic N) is 8. The fraction of sp³-hybridized carbons (Fsp3) is 0.154. The van der Waals surface area contributed by atoms with Crippen LogP contribution >= 0.6 is 0 Å². The van der Waals surface area contributed by atoms with E-state index in [2.05, 4.69) is 30.5 Å². The lowest BCUT2D eigenvalue weighted by molar-refractivity contribution is 0.0697. The highest BCUT2D eigenvalue weighted by Crippen LogP contribution is 2.36. The second-order valence-electron chi connectivity index (χ2n) is 8.48. The van der Waals surface area contributed by atoms with Crippen molar-refractivity contribution in [3.05, 3.63) is 84.6 Å². The number of hydrogen-bond donors (Lipinski definition) is 2. The van der Waals surface area contributed by atoms with Gasteiger partial charge in [-0.25, -0.2) is 19.4 Å². The van der Waals surface area contributed by atoms with Crippen LogP contribution in [-0.4, -0.2) is 59.7 Å². The number of aryl methyl sites for hydroxylation is 1. The van der Waals surface area contributed by atoms with Crippen LogP contribution in [0.3, 0.4) is 0 Å². The molecule has 3 aromatic heterocycles. The number of carbonyl (C=O) groups is 1. The first-order chi connectivity index (χ1) is 18.4. The van der Waals surface area contributed by atoms with Crippen LogP contribution in [0.2, 0.25) is 0 Å². The van der Waals surface area contributed by atoms with E-state index in [1.807, 2.05) is 54.5 Å². The summed E-state index contributed by atoms with van der Waals surface area (Å²) in [6.07, 6.45) is 6.58. The molecule has 5 rings (SSSR count). The van der Waals surface area contributed by atoms with Crippen molar-refractivity contribution in [2.45, 2.75) is 6.54 Å². The first-order valence-corrected chi connectivity index (χ1v) is 11.6. The molecule has 3 heterocycles. The lowest BCUT2D eigenvalue weighted by atomic mass is 10.1. The summed E-state index contributed by atoms with van der Waals surface area (Å²) in [6, 6.07) is 15.2. The van der Waals surface area contributed by atoms with Gasteiger partial charge in [0.15, 0.2) is 17.4 Å². The highest BCUT2D eigenvalue weighted by molar-refractivity contribution is 5.94. The van der Waals surface area contributed by atoms with E-state index in [4.69, 9.17) is 4.74 Å². The van der Waals surface area contributed by atoms with Crippen molar-refractivity contribution in [1.29, 1.82) is 0 Å². The number of rotatable bonds is 9. The Kier molecular flexibility index (Phi) is 6.68. The van der Waals surface area contributed by atoms with E-state index in [9.17, 15) is 9.90 Å². The summed E-state index contributed by atoms with van der Waals surface area (Å²) in [6.45, 7) is 0.461. The Bertz CT molecular complexity index is 1580. The van der Waals surface area contributed by atoms with Gasteiger partial charge in [0.25, 0.3) is 0 Å². The van der Waals surface area contributed by atoms with Crippen LogP contribution in [0.15, 0.2) is 73.4 Å². The summed E-state index contributed by atoms with van der Waals surface area (Å²) in [5, 5.41) is 21.7. The minimum absolute atomic E-state index is 0.0811. The molecule has 38 heavy (non-hydrogen) atoms. The Balaban J connectivity index is 1.43. The lowest BCUT2D eigenvalue weighted by Gasteiger charge is -2.19. The Morgan fingerprint density at radius 2 is 1.92 bits per heavy atom. The molecule has 0 amide bonds. The number of carboxylic acid groups (broad SMARTS) is 1. The van der Waals surface area contributed by atoms with Gasteiger partial charge in [-0.05, 0) is 24.3 Å². The number of aromatic carboxylic acids is 1. The maximum atomic E-state index is 12.0. The fourth-order valence-corrected chi connectivity index (χ4v) is 3.94. The van der Waals surface area contributed by atoms with Crippen LogP contribution in [0.25, 0.3) is 17.1 Å². The molecule has 12 nitrogen and oxygen atoms in total. The maximum Gasteiger partial charge on any atom is 0.341 e. The quantitative estimate of drug-likeness (QED) is 0.302. The lowest BCUT2D eigenvalue weighted by Crippen LogP contribution is -2.20. The summed E-state index contributed by atoms with van der Waals surface area (Å²) in [4.78, 5) is 26.9. The Morgan fingerprint density at radius 3 is 2.63 bits per heavy atom. The molecule has 0 aliphatic rings. The van der Waals surface area contributed by atoms with E-state index < -0.39 is 5.97 Å². The summed E-state index contributed by atoms with van der Waals surface area (Å²) in [5.41, 5.74) is 2.97. The van der Waals surface area contributed by atoms with Crippen LogP contribution in [0.1, 0.15) is 15.9 Å². The van der Waals surface area contributed by atoms with Gasteiger partial charge in [0.05, 0.1) is 30.2 Å². The van der Waals surface area contributed by atoms with Gasteiger partial charge in [-0.3, -0.25) is 4.68 Å². The maximum absolute atomic E-state index is 12.0. The molecule has 0 aliphatic carbocycles. The van der Waals surface area contributed by atoms with Crippen molar-refractivity contribution in [3.63, 3.8) is 0 Å². The first kappa shape index (κ1) is 24.4. The van der Waals surface area contributed by atoms with E-state index in [0.717, 1.165) is 11.3 Å². The zero-order chi connectivity index (χ0) is 26.6. The summed E-state index contributed by atoms with van der Waals surface area (Å²) in [5.74, 6) is 0.236.